The van der Waals surface area contributed by atoms with Crippen LogP contribution in [0.4, 0.5) is 0 Å². The van der Waals surface area contributed by atoms with E-state index in [0.717, 1.165) is 160 Å². The lowest BCUT2D eigenvalue weighted by Gasteiger charge is -2.62. The molecule has 0 N–H and O–H groups in total. The van der Waals surface area contributed by atoms with Crippen molar-refractivity contribution in [2.24, 2.45) is 159 Å². The van der Waals surface area contributed by atoms with Crippen LogP contribution in [0.3, 0.4) is 0 Å². The maximum atomic E-state index is 5.74. The number of benzene rings is 1. The Morgan fingerprint density at radius 2 is 1.41 bits per heavy atom. The van der Waals surface area contributed by atoms with Crippen LogP contribution in [0.2, 0.25) is 0 Å². The first-order valence-electron chi connectivity index (χ1n) is 22.6. The van der Waals surface area contributed by atoms with Gasteiger partial charge < -0.3 is 4.74 Å². The van der Waals surface area contributed by atoms with Gasteiger partial charge in [0.05, 0.1) is 7.11 Å². The van der Waals surface area contributed by atoms with Gasteiger partial charge in [0.2, 0.25) is 0 Å². The fraction of sp³-hybridized carbons (Fsp3) is 0.755. The lowest BCUT2D eigenvalue weighted by atomic mass is 9.41. The van der Waals surface area contributed by atoms with E-state index in [1.54, 1.807) is 44.1 Å². The summed E-state index contributed by atoms with van der Waals surface area (Å²) >= 11 is 0. The molecule has 1 heterocycles. The highest BCUT2D eigenvalue weighted by Gasteiger charge is 2.88. The second kappa shape index (κ2) is 7.43. The van der Waals surface area contributed by atoms with Crippen molar-refractivity contribution in [1.82, 2.24) is 4.90 Å². The second-order valence-corrected chi connectivity index (χ2v) is 23.5. The number of methoxy groups -OCH3 is 1. The molecule has 0 aromatic heterocycles. The molecule has 260 valence electrons. The van der Waals surface area contributed by atoms with Crippen molar-refractivity contribution >= 4 is 0 Å². The number of rotatable bonds is 2. The van der Waals surface area contributed by atoms with Crippen LogP contribution in [0.1, 0.15) is 50.1 Å². The largest absolute Gasteiger partial charge is 0.497 e. The minimum absolute atomic E-state index is 0.498. The number of hydrogen-bond acceptors (Lipinski definition) is 2. The molecule has 14 fully saturated rings. The Bertz CT molecular complexity index is 2070. The molecule has 28 unspecified atom stereocenters. The molecule has 17 aliphatic rings. The summed E-state index contributed by atoms with van der Waals surface area (Å²) in [5.41, 5.74) is 10.7. The Hall–Kier alpha value is -1.80. The molecule has 1 aliphatic heterocycles. The van der Waals surface area contributed by atoms with Gasteiger partial charge in [0, 0.05) is 24.4 Å². The van der Waals surface area contributed by atoms with Gasteiger partial charge in [0.15, 0.2) is 0 Å². The minimum atomic E-state index is 0.498. The van der Waals surface area contributed by atoms with Crippen molar-refractivity contribution in [1.29, 1.82) is 0 Å². The number of nitrogens with zero attached hydrogens (tertiary/aromatic N) is 1. The maximum Gasteiger partial charge on any atom is 0.118 e. The summed E-state index contributed by atoms with van der Waals surface area (Å²) in [5, 5.41) is 0. The van der Waals surface area contributed by atoms with E-state index in [9.17, 15) is 0 Å². The van der Waals surface area contributed by atoms with Gasteiger partial charge in [-0.15, -0.1) is 0 Å². The van der Waals surface area contributed by atoms with Crippen molar-refractivity contribution in [3.05, 3.63) is 64.3 Å². The Morgan fingerprint density at radius 1 is 0.647 bits per heavy atom. The molecule has 13 saturated carbocycles. The third-order valence-electron chi connectivity index (χ3n) is 23.9. The average molecular weight is 672 g/mol. The van der Waals surface area contributed by atoms with E-state index in [2.05, 4.69) is 70.7 Å². The fourth-order valence-electron chi connectivity index (χ4n) is 25.2. The SMILES string of the molecule is COc1ccc(C2C3C4=CC5CC6CC7CC8CC9=CC%10CC%11CC3(CN2C)C2C%11C3C%10C%10C9C8C8C7C7C6C5=C5C4C2C2C5C7C8C%10C23)cc1. The summed E-state index contributed by atoms with van der Waals surface area (Å²) in [6, 6.07) is 10.1. The van der Waals surface area contributed by atoms with Gasteiger partial charge >= 0.3 is 0 Å². The zero-order chi connectivity index (χ0) is 32.0. The normalized spacial score (nSPS) is 70.4. The van der Waals surface area contributed by atoms with Gasteiger partial charge in [0.1, 0.15) is 5.75 Å². The molecule has 1 aromatic rings. The third-order valence-corrected chi connectivity index (χ3v) is 23.9. The van der Waals surface area contributed by atoms with Crippen LogP contribution < -0.4 is 4.74 Å². The van der Waals surface area contributed by atoms with Gasteiger partial charge in [-0.3, -0.25) is 4.90 Å². The van der Waals surface area contributed by atoms with Crippen LogP contribution >= 0.6 is 0 Å². The third kappa shape index (κ3) is 2.20. The zero-order valence-electron chi connectivity index (χ0n) is 30.4. The standard InChI is InChI=1S/C49H53NO/c1-50-15-49-14-23-12-21-10-18-7-17-8-20-9-19-11-22-13-25(46(49)48(50)16-3-5-24(51-2)6-4-16)33-38-29(22)28(19)35-30(20)34-26(17)27(18)36-31(21)37-32(23)47(49)45(33)44-42(37)40(36)39(34)41(35)43(38)44/h3-6,10,13,17,19-23,26-28,30-37,39-48H,7-9,11-12,14-15H2,1-2H3. The highest BCUT2D eigenvalue weighted by atomic mass is 16.5. The lowest BCUT2D eigenvalue weighted by molar-refractivity contribution is -0.147. The van der Waals surface area contributed by atoms with Crippen molar-refractivity contribution < 1.29 is 4.74 Å². The summed E-state index contributed by atoms with van der Waals surface area (Å²) in [7, 11) is 4.42. The van der Waals surface area contributed by atoms with Crippen molar-refractivity contribution in [3.8, 4) is 5.75 Å². The summed E-state index contributed by atoms with van der Waals surface area (Å²) < 4.78 is 5.74. The lowest BCUT2D eigenvalue weighted by Crippen LogP contribution is -2.60. The van der Waals surface area contributed by atoms with E-state index < -0.39 is 0 Å². The molecule has 1 saturated heterocycles. The number of ether oxygens (including phenoxy) is 1. The van der Waals surface area contributed by atoms with E-state index in [4.69, 9.17) is 4.74 Å². The predicted molar refractivity (Wildman–Crippen MR) is 192 cm³/mol. The summed E-state index contributed by atoms with van der Waals surface area (Å²) in [6.07, 6.45) is 15.8. The van der Waals surface area contributed by atoms with E-state index >= 15 is 0 Å². The van der Waals surface area contributed by atoms with Crippen LogP contribution in [0.5, 0.6) is 5.75 Å². The highest BCUT2D eigenvalue weighted by molar-refractivity contribution is 5.56. The Kier molecular flexibility index (Phi) is 3.80. The molecule has 1 aromatic carbocycles. The van der Waals surface area contributed by atoms with Gasteiger partial charge in [-0.2, -0.15) is 0 Å². The predicted octanol–water partition coefficient (Wildman–Crippen LogP) is 8.40. The molecule has 0 radical (unpaired) electrons. The molecule has 1 spiro atoms. The summed E-state index contributed by atoms with van der Waals surface area (Å²) in [6.45, 7) is 1.37. The molecule has 2 heteroatoms. The smallest absolute Gasteiger partial charge is 0.118 e. The van der Waals surface area contributed by atoms with E-state index in [0.29, 0.717) is 11.5 Å². The molecule has 2 nitrogen and oxygen atoms in total. The summed E-state index contributed by atoms with van der Waals surface area (Å²) in [4.78, 5) is 2.94. The van der Waals surface area contributed by atoms with Crippen LogP contribution in [0.25, 0.3) is 0 Å². The zero-order valence-corrected chi connectivity index (χ0v) is 30.4. The molecular formula is C49H53NO. The monoisotopic (exact) mass is 671 g/mol. The summed E-state index contributed by atoms with van der Waals surface area (Å²) in [5.74, 6) is 28.1. The van der Waals surface area contributed by atoms with Gasteiger partial charge in [0.25, 0.3) is 0 Å². The van der Waals surface area contributed by atoms with Crippen LogP contribution in [-0.4, -0.2) is 25.6 Å². The average Bonchev–Trinajstić information content (AvgIpc) is 3.98. The molecule has 0 amide bonds. The van der Waals surface area contributed by atoms with E-state index in [1.807, 2.05) is 7.11 Å². The first-order chi connectivity index (χ1) is 25.1. The number of fused-ring (bicyclic) bond motifs is 1. The number of allylic oxidation sites excluding steroid dienone is 5. The van der Waals surface area contributed by atoms with E-state index in [1.165, 1.54) is 6.54 Å². The fourth-order valence-corrected chi connectivity index (χ4v) is 25.2. The Balaban J connectivity index is 0.968. The molecule has 16 aliphatic carbocycles. The highest BCUT2D eigenvalue weighted by Crippen LogP contribution is 2.92. The Labute approximate surface area is 303 Å². The van der Waals surface area contributed by atoms with Gasteiger partial charge in [-0.25, -0.2) is 0 Å². The van der Waals surface area contributed by atoms with Crippen molar-refractivity contribution in [2.45, 2.75) is 44.6 Å². The molecule has 51 heavy (non-hydrogen) atoms. The second-order valence-electron chi connectivity index (χ2n) is 23.5. The molecule has 18 rings (SSSR count). The topological polar surface area (TPSA) is 12.5 Å². The van der Waals surface area contributed by atoms with Crippen LogP contribution in [0.15, 0.2) is 58.7 Å². The Morgan fingerprint density at radius 3 is 2.27 bits per heavy atom. The first kappa shape index (κ1) is 26.1. The maximum absolute atomic E-state index is 5.74. The van der Waals surface area contributed by atoms with Gasteiger partial charge in [-0.05, 0) is 211 Å². The van der Waals surface area contributed by atoms with Crippen LogP contribution in [-0.2, 0) is 0 Å². The number of hydrogen-bond donors (Lipinski definition) is 0. The quantitative estimate of drug-likeness (QED) is 0.293. The van der Waals surface area contributed by atoms with Crippen LogP contribution in [0, 0.1) is 159 Å². The molecule has 0 bridgehead atoms. The molecule has 28 atom stereocenters. The van der Waals surface area contributed by atoms with Crippen molar-refractivity contribution in [2.75, 3.05) is 20.7 Å². The minimum Gasteiger partial charge on any atom is -0.497 e. The van der Waals surface area contributed by atoms with Crippen molar-refractivity contribution in [3.63, 3.8) is 0 Å². The molecular weight excluding hydrogens is 619 g/mol. The van der Waals surface area contributed by atoms with Gasteiger partial charge in [-0.1, -0.05) is 46.6 Å². The van der Waals surface area contributed by atoms with E-state index in [-0.39, 0.29) is 0 Å². The number of likely N-dealkylation sites (tertiary alicyclic amines) is 1. The first-order valence-corrected chi connectivity index (χ1v) is 22.6.